The summed E-state index contributed by atoms with van der Waals surface area (Å²) < 4.78 is 102. The van der Waals surface area contributed by atoms with Crippen LogP contribution in [-0.4, -0.2) is 15.0 Å². The van der Waals surface area contributed by atoms with E-state index in [-0.39, 0.29) is 45.0 Å². The van der Waals surface area contributed by atoms with Gasteiger partial charge in [-0.3, -0.25) is 0 Å². The monoisotopic (exact) mass is 638 g/mol. The summed E-state index contributed by atoms with van der Waals surface area (Å²) in [4.78, 5) is 14.3. The molecule has 0 radical (unpaired) electrons. The van der Waals surface area contributed by atoms with Crippen LogP contribution in [0.3, 0.4) is 0 Å². The summed E-state index contributed by atoms with van der Waals surface area (Å²) in [5.74, 6) is 0.381. The topological polar surface area (TPSA) is 51.8 Å². The smallest absolute Gasteiger partial charge is 0.167 e. The second-order valence-corrected chi connectivity index (χ2v) is 11.2. The van der Waals surface area contributed by atoms with Gasteiger partial charge in [0.15, 0.2) is 17.5 Å². The van der Waals surface area contributed by atoms with Gasteiger partial charge in [-0.25, -0.2) is 15.0 Å². The molecule has 4 heteroatoms. The number of furan rings is 1. The van der Waals surface area contributed by atoms with Crippen molar-refractivity contribution in [1.29, 1.82) is 0 Å². The quantitative estimate of drug-likeness (QED) is 0.182. The molecule has 7 aromatic carbocycles. The predicted molar refractivity (Wildman–Crippen MR) is 200 cm³/mol. The highest BCUT2D eigenvalue weighted by Crippen LogP contribution is 2.37. The van der Waals surface area contributed by atoms with E-state index >= 15 is 0 Å². The second kappa shape index (κ2) is 12.2. The Kier molecular flexibility index (Phi) is 4.78. The normalized spacial score (nSPS) is 14.4. The fraction of sp³-hybridized carbons (Fsp3) is 0. The number of benzene rings is 7. The molecule has 9 rings (SSSR count). The molecule has 4 nitrogen and oxygen atoms in total. The van der Waals surface area contributed by atoms with Crippen molar-refractivity contribution in [1.82, 2.24) is 15.0 Å². The van der Waals surface area contributed by atoms with Crippen LogP contribution in [0, 0.1) is 0 Å². The molecule has 9 aromatic rings. The fourth-order valence-electron chi connectivity index (χ4n) is 5.70. The first-order chi connectivity index (χ1) is 28.8. The molecule has 0 aliphatic heterocycles. The molecule has 0 aliphatic carbocycles. The average Bonchev–Trinajstić information content (AvgIpc) is 3.69. The van der Waals surface area contributed by atoms with Crippen molar-refractivity contribution in [2.75, 3.05) is 0 Å². The third kappa shape index (κ3) is 5.45. The van der Waals surface area contributed by atoms with Gasteiger partial charge in [-0.1, -0.05) is 158 Å². The largest absolute Gasteiger partial charge is 0.455 e. The van der Waals surface area contributed by atoms with Gasteiger partial charge in [0.1, 0.15) is 11.2 Å². The summed E-state index contributed by atoms with van der Waals surface area (Å²) in [5, 5.41) is -0.313. The minimum Gasteiger partial charge on any atom is -0.455 e. The molecule has 0 N–H and O–H groups in total. The van der Waals surface area contributed by atoms with Crippen molar-refractivity contribution in [2.45, 2.75) is 0 Å². The lowest BCUT2D eigenvalue weighted by atomic mass is 9.99. The maximum Gasteiger partial charge on any atom is 0.167 e. The Morgan fingerprint density at radius 2 is 0.918 bits per heavy atom. The number of hydrogen-bond acceptors (Lipinski definition) is 4. The molecular weight excluding hydrogens is 599 g/mol. The molecule has 0 amide bonds. The van der Waals surface area contributed by atoms with E-state index in [1.54, 1.807) is 12.1 Å². The SMILES string of the molecule is [2H]c1c([2H])c([2H])c(-c2c([2H])c([2H])c3c(oc4c(-c5nc(-c6ccccc6)nc(-c6ccc(-c7ccc(-c8ccccc8)cc7)cc6)n5)c([2H])c([2H])c([2H])c43)c2[2H])c([2H])c1[2H]. The zero-order valence-corrected chi connectivity index (χ0v) is 25.6. The van der Waals surface area contributed by atoms with Crippen LogP contribution in [0.15, 0.2) is 180 Å². The molecule has 0 spiro atoms. The van der Waals surface area contributed by atoms with E-state index in [1.165, 1.54) is 0 Å². The van der Waals surface area contributed by atoms with Crippen molar-refractivity contribution in [2.24, 2.45) is 0 Å². The summed E-state index contributed by atoms with van der Waals surface area (Å²) in [6.07, 6.45) is 0. The number of nitrogens with zero attached hydrogens (tertiary/aromatic N) is 3. The Balaban J connectivity index is 1.24. The molecule has 0 bridgehead atoms. The van der Waals surface area contributed by atoms with Gasteiger partial charge in [0.05, 0.1) is 20.6 Å². The van der Waals surface area contributed by atoms with Crippen LogP contribution < -0.4 is 0 Å². The molecule has 0 unspecified atom stereocenters. The zero-order chi connectivity index (χ0) is 42.1. The summed E-state index contributed by atoms with van der Waals surface area (Å²) in [6.45, 7) is 0. The van der Waals surface area contributed by atoms with Gasteiger partial charge in [-0.15, -0.1) is 0 Å². The molecular formula is C45H29N3O. The Morgan fingerprint density at radius 1 is 0.388 bits per heavy atom. The first-order valence-corrected chi connectivity index (χ1v) is 15.5. The predicted octanol–water partition coefficient (Wildman–Crippen LogP) is 11.8. The Labute approximate surface area is 299 Å². The highest BCUT2D eigenvalue weighted by atomic mass is 16.3. The third-order valence-corrected chi connectivity index (χ3v) is 8.17. The molecule has 0 fully saturated rings. The number of rotatable bonds is 6. The van der Waals surface area contributed by atoms with Crippen LogP contribution in [0.1, 0.15) is 15.1 Å². The van der Waals surface area contributed by atoms with Crippen LogP contribution >= 0.6 is 0 Å². The molecule has 0 saturated carbocycles. The number of aromatic nitrogens is 3. The standard InChI is InChI=1S/C45H29N3O/c1-4-11-30(12-5-1)32-19-21-33(22-20-32)34-23-25-36(26-24-34)44-46-43(35-15-8-3-9-16-35)47-45(48-44)40-18-10-17-39-38-28-27-37(29-41(38)49-42(39)40)31-13-6-2-7-14-31/h1-29H/i2D,6D,7D,10D,13D,14D,17D,18D,27D,28D,29D. The highest BCUT2D eigenvalue weighted by Gasteiger charge is 2.18. The van der Waals surface area contributed by atoms with Gasteiger partial charge in [0.25, 0.3) is 0 Å². The first-order valence-electron chi connectivity index (χ1n) is 21.0. The lowest BCUT2D eigenvalue weighted by molar-refractivity contribution is 0.669. The molecule has 2 aromatic heterocycles. The van der Waals surface area contributed by atoms with Gasteiger partial charge in [-0.05, 0) is 51.5 Å². The van der Waals surface area contributed by atoms with E-state index in [0.717, 1.165) is 22.3 Å². The Morgan fingerprint density at radius 3 is 1.55 bits per heavy atom. The lowest BCUT2D eigenvalue weighted by Crippen LogP contribution is -2.00. The van der Waals surface area contributed by atoms with Gasteiger partial charge in [0, 0.05) is 21.9 Å². The van der Waals surface area contributed by atoms with Crippen LogP contribution in [0.5, 0.6) is 0 Å². The highest BCUT2D eigenvalue weighted by molar-refractivity contribution is 6.10. The van der Waals surface area contributed by atoms with Crippen molar-refractivity contribution in [3.05, 3.63) is 176 Å². The van der Waals surface area contributed by atoms with E-state index in [0.29, 0.717) is 11.1 Å². The fourth-order valence-corrected chi connectivity index (χ4v) is 5.70. The van der Waals surface area contributed by atoms with E-state index in [1.807, 2.05) is 60.7 Å². The number of hydrogen-bond donors (Lipinski definition) is 0. The summed E-state index contributed by atoms with van der Waals surface area (Å²) >= 11 is 0. The maximum absolute atomic E-state index is 9.18. The molecule has 230 valence electrons. The van der Waals surface area contributed by atoms with Gasteiger partial charge < -0.3 is 4.42 Å². The minimum absolute atomic E-state index is 0.0861. The van der Waals surface area contributed by atoms with Gasteiger partial charge in [-0.2, -0.15) is 0 Å². The average molecular weight is 639 g/mol. The minimum atomic E-state index is -0.679. The van der Waals surface area contributed by atoms with Crippen molar-refractivity contribution in [3.8, 4) is 67.5 Å². The molecule has 49 heavy (non-hydrogen) atoms. The zero-order valence-electron chi connectivity index (χ0n) is 36.6. The van der Waals surface area contributed by atoms with Gasteiger partial charge in [0.2, 0.25) is 0 Å². The molecule has 2 heterocycles. The van der Waals surface area contributed by atoms with Crippen LogP contribution in [0.25, 0.3) is 89.5 Å². The van der Waals surface area contributed by atoms with Crippen molar-refractivity contribution >= 4 is 21.9 Å². The summed E-state index contributed by atoms with van der Waals surface area (Å²) in [5.41, 5.74) is 3.86. The second-order valence-electron chi connectivity index (χ2n) is 11.2. The van der Waals surface area contributed by atoms with E-state index in [4.69, 9.17) is 33.1 Å². The molecule has 0 aliphatic rings. The van der Waals surface area contributed by atoms with Crippen molar-refractivity contribution in [3.63, 3.8) is 0 Å². The lowest BCUT2D eigenvalue weighted by Gasteiger charge is -2.10. The van der Waals surface area contributed by atoms with Crippen LogP contribution in [-0.2, 0) is 0 Å². The van der Waals surface area contributed by atoms with E-state index in [9.17, 15) is 1.37 Å². The Hall–Kier alpha value is -6.65. The van der Waals surface area contributed by atoms with E-state index in [2.05, 4.69) is 36.4 Å². The molecule has 0 saturated heterocycles. The van der Waals surface area contributed by atoms with E-state index < -0.39 is 77.6 Å². The summed E-state index contributed by atoms with van der Waals surface area (Å²) in [6, 6.07) is 28.4. The Bertz CT molecular complexity index is 3170. The van der Waals surface area contributed by atoms with Gasteiger partial charge >= 0.3 is 0 Å². The van der Waals surface area contributed by atoms with Crippen molar-refractivity contribution < 1.29 is 19.5 Å². The third-order valence-electron chi connectivity index (χ3n) is 8.17. The van der Waals surface area contributed by atoms with Crippen LogP contribution in [0.2, 0.25) is 0 Å². The molecule has 0 atom stereocenters. The van der Waals surface area contributed by atoms with Crippen LogP contribution in [0.4, 0.5) is 0 Å². The maximum atomic E-state index is 9.18. The first kappa shape index (κ1) is 19.2. The summed E-state index contributed by atoms with van der Waals surface area (Å²) in [7, 11) is 0. The number of fused-ring (bicyclic) bond motifs is 3. The number of para-hydroxylation sites is 1.